The lowest BCUT2D eigenvalue weighted by Crippen LogP contribution is -2.43. The Hall–Kier alpha value is -1.14. The van der Waals surface area contributed by atoms with Crippen LogP contribution in [0.3, 0.4) is 0 Å². The van der Waals surface area contributed by atoms with Gasteiger partial charge in [-0.25, -0.2) is 5.48 Å². The molecule has 2 heterocycles. The molecule has 2 rings (SSSR count). The molecular formula is C8H12N2O4. The Morgan fingerprint density at radius 2 is 2.36 bits per heavy atom. The van der Waals surface area contributed by atoms with Gasteiger partial charge in [0.25, 0.3) is 5.91 Å². The summed E-state index contributed by atoms with van der Waals surface area (Å²) in [7, 11) is 0. The molecule has 2 unspecified atom stereocenters. The van der Waals surface area contributed by atoms with Crippen LogP contribution in [0.2, 0.25) is 0 Å². The van der Waals surface area contributed by atoms with E-state index in [-0.39, 0.29) is 30.9 Å². The number of carbonyl (C=O) groups excluding carboxylic acids is 2. The quantitative estimate of drug-likeness (QED) is 0.554. The maximum Gasteiger partial charge on any atom is 0.268 e. The van der Waals surface area contributed by atoms with Gasteiger partial charge in [0.15, 0.2) is 0 Å². The Balaban J connectivity index is 2.04. The van der Waals surface area contributed by atoms with Gasteiger partial charge in [0.05, 0.1) is 0 Å². The molecule has 0 spiro atoms. The summed E-state index contributed by atoms with van der Waals surface area (Å²) in [6, 6.07) is -0.515. The molecule has 2 atom stereocenters. The molecule has 0 aromatic carbocycles. The van der Waals surface area contributed by atoms with Gasteiger partial charge in [-0.1, -0.05) is 0 Å². The van der Waals surface area contributed by atoms with Crippen molar-refractivity contribution in [3.63, 3.8) is 0 Å². The largest absolute Gasteiger partial charge is 0.396 e. The molecule has 14 heavy (non-hydrogen) atoms. The molecule has 0 radical (unpaired) electrons. The monoisotopic (exact) mass is 200 g/mol. The van der Waals surface area contributed by atoms with Gasteiger partial charge in [-0.2, -0.15) is 0 Å². The summed E-state index contributed by atoms with van der Waals surface area (Å²) in [6.45, 7) is 0.622. The van der Waals surface area contributed by atoms with E-state index >= 15 is 0 Å². The summed E-state index contributed by atoms with van der Waals surface area (Å²) in [6.07, 6.45) is 0.320. The Kier molecular flexibility index (Phi) is 2.39. The third-order valence-corrected chi connectivity index (χ3v) is 2.59. The number of nitrogens with zero attached hydrogens (tertiary/aromatic N) is 1. The van der Waals surface area contributed by atoms with Crippen LogP contribution in [0, 0.1) is 5.92 Å². The first-order valence-electron chi connectivity index (χ1n) is 4.54. The first-order valence-corrected chi connectivity index (χ1v) is 4.54. The zero-order valence-corrected chi connectivity index (χ0v) is 7.60. The third kappa shape index (κ3) is 1.46. The first-order chi connectivity index (χ1) is 6.72. The summed E-state index contributed by atoms with van der Waals surface area (Å²) in [4.78, 5) is 28.9. The lowest BCUT2D eigenvalue weighted by Gasteiger charge is -2.20. The van der Waals surface area contributed by atoms with E-state index in [1.54, 1.807) is 0 Å². The molecule has 0 aromatic heterocycles. The average Bonchev–Trinajstić information content (AvgIpc) is 2.72. The second kappa shape index (κ2) is 3.55. The van der Waals surface area contributed by atoms with Crippen LogP contribution in [0.4, 0.5) is 0 Å². The predicted octanol–water partition coefficient (Wildman–Crippen LogP) is -1.74. The van der Waals surface area contributed by atoms with Crippen molar-refractivity contribution < 1.29 is 19.5 Å². The fourth-order valence-electron chi connectivity index (χ4n) is 1.80. The lowest BCUT2D eigenvalue weighted by molar-refractivity contribution is -0.135. The van der Waals surface area contributed by atoms with Crippen LogP contribution in [-0.4, -0.2) is 47.6 Å². The van der Waals surface area contributed by atoms with Gasteiger partial charge in [0.1, 0.15) is 12.6 Å². The molecule has 78 valence electrons. The van der Waals surface area contributed by atoms with Crippen molar-refractivity contribution in [2.75, 3.05) is 19.8 Å². The second-order valence-electron chi connectivity index (χ2n) is 3.59. The fourth-order valence-corrected chi connectivity index (χ4v) is 1.80. The van der Waals surface area contributed by atoms with Crippen molar-refractivity contribution in [2.45, 2.75) is 12.5 Å². The molecule has 2 amide bonds. The van der Waals surface area contributed by atoms with Crippen molar-refractivity contribution in [3.05, 3.63) is 0 Å². The van der Waals surface area contributed by atoms with Crippen molar-refractivity contribution >= 4 is 11.8 Å². The molecular weight excluding hydrogens is 188 g/mol. The second-order valence-corrected chi connectivity index (χ2v) is 3.59. The summed E-state index contributed by atoms with van der Waals surface area (Å²) in [5.41, 5.74) is 2.20. The molecule has 0 saturated carbocycles. The normalized spacial score (nSPS) is 32.5. The number of aliphatic hydroxyl groups excluding tert-OH is 1. The van der Waals surface area contributed by atoms with Crippen LogP contribution in [0.5, 0.6) is 0 Å². The van der Waals surface area contributed by atoms with Gasteiger partial charge in [-0.3, -0.25) is 14.4 Å². The lowest BCUT2D eigenvalue weighted by atomic mass is 10.1. The fraction of sp³-hybridized carbons (Fsp3) is 0.750. The number of likely N-dealkylation sites (tertiary alicyclic amines) is 1. The van der Waals surface area contributed by atoms with Crippen molar-refractivity contribution in [1.82, 2.24) is 10.4 Å². The van der Waals surface area contributed by atoms with Crippen LogP contribution in [0.25, 0.3) is 0 Å². The summed E-state index contributed by atoms with van der Waals surface area (Å²) in [5, 5.41) is 8.90. The third-order valence-electron chi connectivity index (χ3n) is 2.59. The Bertz CT molecular complexity index is 268. The van der Waals surface area contributed by atoms with Gasteiger partial charge >= 0.3 is 0 Å². The number of hydrogen-bond acceptors (Lipinski definition) is 4. The molecule has 2 saturated heterocycles. The topological polar surface area (TPSA) is 78.9 Å². The van der Waals surface area contributed by atoms with Crippen LogP contribution < -0.4 is 5.48 Å². The van der Waals surface area contributed by atoms with Gasteiger partial charge in [-0.15, -0.1) is 0 Å². The van der Waals surface area contributed by atoms with Crippen molar-refractivity contribution in [1.29, 1.82) is 0 Å². The van der Waals surface area contributed by atoms with E-state index in [1.807, 2.05) is 0 Å². The number of rotatable bonds is 2. The average molecular weight is 200 g/mol. The Morgan fingerprint density at radius 3 is 2.86 bits per heavy atom. The Morgan fingerprint density at radius 1 is 1.57 bits per heavy atom. The Labute approximate surface area is 80.8 Å². The van der Waals surface area contributed by atoms with E-state index in [4.69, 9.17) is 9.94 Å². The molecule has 0 aliphatic carbocycles. The van der Waals surface area contributed by atoms with Gasteiger partial charge in [0.2, 0.25) is 5.91 Å². The minimum absolute atomic E-state index is 0.0164. The van der Waals surface area contributed by atoms with Crippen LogP contribution >= 0.6 is 0 Å². The highest BCUT2D eigenvalue weighted by Gasteiger charge is 2.40. The van der Waals surface area contributed by atoms with Crippen molar-refractivity contribution in [3.8, 4) is 0 Å². The van der Waals surface area contributed by atoms with E-state index in [1.165, 1.54) is 4.90 Å². The van der Waals surface area contributed by atoms with E-state index in [0.29, 0.717) is 13.0 Å². The smallest absolute Gasteiger partial charge is 0.268 e. The van der Waals surface area contributed by atoms with Gasteiger partial charge < -0.3 is 10.0 Å². The zero-order valence-electron chi connectivity index (χ0n) is 7.60. The molecule has 0 bridgehead atoms. The SMILES string of the molecule is O=C1NOCC1N1CC(CO)CC1=O. The summed E-state index contributed by atoms with van der Waals surface area (Å²) >= 11 is 0. The van der Waals surface area contributed by atoms with E-state index in [2.05, 4.69) is 5.48 Å². The first kappa shape index (κ1) is 9.42. The molecule has 2 N–H and O–H groups in total. The highest BCUT2D eigenvalue weighted by Crippen LogP contribution is 2.21. The molecule has 6 heteroatoms. The maximum atomic E-state index is 11.5. The van der Waals surface area contributed by atoms with Gasteiger partial charge in [0, 0.05) is 25.5 Å². The minimum Gasteiger partial charge on any atom is -0.396 e. The van der Waals surface area contributed by atoms with Gasteiger partial charge in [-0.05, 0) is 0 Å². The molecule has 2 fully saturated rings. The summed E-state index contributed by atoms with van der Waals surface area (Å²) < 4.78 is 0. The molecule has 0 aromatic rings. The number of hydrogen-bond donors (Lipinski definition) is 2. The van der Waals surface area contributed by atoms with E-state index in [0.717, 1.165) is 0 Å². The number of amides is 2. The molecule has 2 aliphatic rings. The molecule has 6 nitrogen and oxygen atoms in total. The van der Waals surface area contributed by atoms with Crippen LogP contribution in [-0.2, 0) is 14.4 Å². The summed E-state index contributed by atoms with van der Waals surface area (Å²) in [5.74, 6) is -0.414. The maximum absolute atomic E-state index is 11.5. The zero-order chi connectivity index (χ0) is 10.1. The standard InChI is InChI=1S/C8H12N2O4/c11-3-5-1-7(12)10(2-5)6-4-14-9-8(6)13/h5-6,11H,1-4H2,(H,9,13). The number of carbonyl (C=O) groups is 2. The minimum atomic E-state index is -0.515. The number of nitrogens with one attached hydrogen (secondary N) is 1. The molecule has 2 aliphatic heterocycles. The number of hydroxylamine groups is 1. The van der Waals surface area contributed by atoms with Crippen LogP contribution in [0.1, 0.15) is 6.42 Å². The predicted molar refractivity (Wildman–Crippen MR) is 44.8 cm³/mol. The van der Waals surface area contributed by atoms with E-state index < -0.39 is 6.04 Å². The van der Waals surface area contributed by atoms with Crippen LogP contribution in [0.15, 0.2) is 0 Å². The highest BCUT2D eigenvalue weighted by molar-refractivity contribution is 5.89. The number of aliphatic hydroxyl groups is 1. The van der Waals surface area contributed by atoms with Crippen molar-refractivity contribution in [2.24, 2.45) is 5.92 Å². The highest BCUT2D eigenvalue weighted by atomic mass is 16.7. The van der Waals surface area contributed by atoms with E-state index in [9.17, 15) is 9.59 Å².